The van der Waals surface area contributed by atoms with E-state index in [1.165, 1.54) is 19.4 Å². The fraction of sp³-hybridized carbons (Fsp3) is 0.346. The van der Waals surface area contributed by atoms with Gasteiger partial charge in [0.1, 0.15) is 17.0 Å². The van der Waals surface area contributed by atoms with Gasteiger partial charge in [0.25, 0.3) is 0 Å². The van der Waals surface area contributed by atoms with Gasteiger partial charge >= 0.3 is 5.97 Å². The summed E-state index contributed by atoms with van der Waals surface area (Å²) in [7, 11) is 3.20. The van der Waals surface area contributed by atoms with Crippen molar-refractivity contribution < 1.29 is 18.7 Å². The second-order valence-electron chi connectivity index (χ2n) is 9.19. The Morgan fingerprint density at radius 1 is 1.24 bits per heavy atom. The van der Waals surface area contributed by atoms with Crippen molar-refractivity contribution in [2.75, 3.05) is 20.3 Å². The third-order valence-corrected chi connectivity index (χ3v) is 8.16. The Hall–Kier alpha value is -3.70. The number of carbonyl (C=O) groups is 1. The summed E-state index contributed by atoms with van der Waals surface area (Å²) in [6.07, 6.45) is 4.66. The number of pyridine rings is 2. The number of aryl methyl sites for hydroxylation is 2. The lowest BCUT2D eigenvalue weighted by Crippen LogP contribution is -2.28. The van der Waals surface area contributed by atoms with Crippen LogP contribution < -0.4 is 0 Å². The standard InChI is InChI=1S/C26H25FN6O3S/c1-14-23(32(2)31-30-14)20-12-19-25(37-20)22-18(11-16(13-29-22)26(34)35-3)33(19)24(15-6-9-36-10-7-15)21-17(27)5-4-8-28-21/h4-5,8,11-13,15,24H,6-7,9-10H2,1-3H3. The van der Waals surface area contributed by atoms with E-state index in [1.807, 2.05) is 14.0 Å². The van der Waals surface area contributed by atoms with E-state index in [9.17, 15) is 4.79 Å². The summed E-state index contributed by atoms with van der Waals surface area (Å²) in [6.45, 7) is 3.12. The maximum Gasteiger partial charge on any atom is 0.339 e. The molecule has 5 aromatic heterocycles. The minimum Gasteiger partial charge on any atom is -0.465 e. The van der Waals surface area contributed by atoms with Crippen molar-refractivity contribution in [3.8, 4) is 10.6 Å². The predicted molar refractivity (Wildman–Crippen MR) is 137 cm³/mol. The minimum atomic E-state index is -0.477. The molecule has 0 aliphatic carbocycles. The third-order valence-electron chi connectivity index (χ3n) is 7.02. The number of ether oxygens (including phenoxy) is 2. The number of methoxy groups -OCH3 is 1. The van der Waals surface area contributed by atoms with E-state index in [-0.39, 0.29) is 11.7 Å². The van der Waals surface area contributed by atoms with E-state index < -0.39 is 12.0 Å². The van der Waals surface area contributed by atoms with Gasteiger partial charge < -0.3 is 14.0 Å². The van der Waals surface area contributed by atoms with Crippen LogP contribution in [0.2, 0.25) is 0 Å². The highest BCUT2D eigenvalue weighted by Crippen LogP contribution is 2.45. The van der Waals surface area contributed by atoms with Crippen molar-refractivity contribution in [3.63, 3.8) is 0 Å². The zero-order valence-corrected chi connectivity index (χ0v) is 21.5. The molecule has 11 heteroatoms. The SMILES string of the molecule is COC(=O)c1cnc2c3sc(-c4c(C)nnn4C)cc3n(C(c3ncccc3F)C3CCOCC3)c2c1. The molecule has 0 bridgehead atoms. The Labute approximate surface area is 215 Å². The van der Waals surface area contributed by atoms with Crippen LogP contribution in [0.4, 0.5) is 4.39 Å². The number of thiophene rings is 1. The smallest absolute Gasteiger partial charge is 0.339 e. The van der Waals surface area contributed by atoms with Crippen LogP contribution in [-0.2, 0) is 16.5 Å². The maximum atomic E-state index is 15.4. The van der Waals surface area contributed by atoms with E-state index in [1.54, 1.807) is 34.3 Å². The van der Waals surface area contributed by atoms with Crippen LogP contribution in [0.25, 0.3) is 31.8 Å². The van der Waals surface area contributed by atoms with Crippen LogP contribution in [0.3, 0.4) is 0 Å². The number of rotatable bonds is 5. The van der Waals surface area contributed by atoms with Gasteiger partial charge in [-0.05, 0) is 49.9 Å². The van der Waals surface area contributed by atoms with Crippen LogP contribution in [0, 0.1) is 18.7 Å². The van der Waals surface area contributed by atoms with Crippen LogP contribution in [0.5, 0.6) is 0 Å². The molecular formula is C26H25FN6O3S. The number of esters is 1. The summed E-state index contributed by atoms with van der Waals surface area (Å²) >= 11 is 1.58. The third kappa shape index (κ3) is 3.89. The number of nitrogens with zero attached hydrogens (tertiary/aromatic N) is 6. The van der Waals surface area contributed by atoms with E-state index in [0.717, 1.165) is 50.4 Å². The molecule has 37 heavy (non-hydrogen) atoms. The van der Waals surface area contributed by atoms with Crippen molar-refractivity contribution in [1.82, 2.24) is 29.5 Å². The molecular weight excluding hydrogens is 495 g/mol. The Bertz CT molecular complexity index is 1610. The molecule has 1 aliphatic rings. The normalized spacial score (nSPS) is 15.5. The maximum absolute atomic E-state index is 15.4. The van der Waals surface area contributed by atoms with Crippen molar-refractivity contribution in [2.24, 2.45) is 13.0 Å². The van der Waals surface area contributed by atoms with Gasteiger partial charge in [-0.3, -0.25) is 9.97 Å². The number of fused-ring (bicyclic) bond motifs is 3. The average Bonchev–Trinajstić information content (AvgIpc) is 3.57. The molecule has 0 radical (unpaired) electrons. The second kappa shape index (κ2) is 9.31. The second-order valence-corrected chi connectivity index (χ2v) is 10.2. The first-order valence-corrected chi connectivity index (χ1v) is 12.9. The molecule has 190 valence electrons. The number of hydrogen-bond acceptors (Lipinski definition) is 8. The van der Waals surface area contributed by atoms with Crippen molar-refractivity contribution in [2.45, 2.75) is 25.8 Å². The lowest BCUT2D eigenvalue weighted by atomic mass is 9.88. The molecule has 1 unspecified atom stereocenters. The van der Waals surface area contributed by atoms with Crippen molar-refractivity contribution >= 4 is 38.6 Å². The van der Waals surface area contributed by atoms with E-state index in [4.69, 9.17) is 14.5 Å². The summed E-state index contributed by atoms with van der Waals surface area (Å²) < 4.78 is 30.8. The lowest BCUT2D eigenvalue weighted by Gasteiger charge is -2.32. The Morgan fingerprint density at radius 2 is 2.05 bits per heavy atom. The Balaban J connectivity index is 1.68. The first kappa shape index (κ1) is 23.7. The van der Waals surface area contributed by atoms with Gasteiger partial charge in [0, 0.05) is 32.7 Å². The molecule has 0 saturated carbocycles. The summed E-state index contributed by atoms with van der Waals surface area (Å²) in [6, 6.07) is 6.48. The predicted octanol–water partition coefficient (Wildman–Crippen LogP) is 4.69. The van der Waals surface area contributed by atoms with Crippen LogP contribution in [0.15, 0.2) is 36.7 Å². The monoisotopic (exact) mass is 520 g/mol. The zero-order chi connectivity index (χ0) is 25.7. The zero-order valence-electron chi connectivity index (χ0n) is 20.6. The molecule has 9 nitrogen and oxygen atoms in total. The van der Waals surface area contributed by atoms with Gasteiger partial charge in [0.15, 0.2) is 0 Å². The number of carbonyl (C=O) groups excluding carboxylic acids is 1. The van der Waals surface area contributed by atoms with E-state index in [0.29, 0.717) is 24.5 Å². The van der Waals surface area contributed by atoms with Gasteiger partial charge in [-0.1, -0.05) is 5.21 Å². The quantitative estimate of drug-likeness (QED) is 0.310. The van der Waals surface area contributed by atoms with Crippen LogP contribution >= 0.6 is 11.3 Å². The molecule has 1 aliphatic heterocycles. The molecule has 1 fully saturated rings. The minimum absolute atomic E-state index is 0.0715. The fourth-order valence-corrected chi connectivity index (χ4v) is 6.60. The van der Waals surface area contributed by atoms with Gasteiger partial charge in [-0.15, -0.1) is 16.4 Å². The van der Waals surface area contributed by atoms with Crippen molar-refractivity contribution in [1.29, 1.82) is 0 Å². The van der Waals surface area contributed by atoms with Gasteiger partial charge in [0.05, 0.1) is 50.7 Å². The Kier molecular flexibility index (Phi) is 5.96. The molecule has 0 amide bonds. The summed E-state index contributed by atoms with van der Waals surface area (Å²) in [5, 5.41) is 8.38. The molecule has 6 heterocycles. The lowest BCUT2D eigenvalue weighted by molar-refractivity contribution is 0.0543. The van der Waals surface area contributed by atoms with Gasteiger partial charge in [-0.2, -0.15) is 0 Å². The summed E-state index contributed by atoms with van der Waals surface area (Å²) in [4.78, 5) is 22.6. The first-order valence-electron chi connectivity index (χ1n) is 12.0. The average molecular weight is 521 g/mol. The summed E-state index contributed by atoms with van der Waals surface area (Å²) in [5.74, 6) is -0.773. The first-order chi connectivity index (χ1) is 18.0. The molecule has 1 saturated heterocycles. The molecule has 1 atom stereocenters. The van der Waals surface area contributed by atoms with Gasteiger partial charge in [0.2, 0.25) is 0 Å². The molecule has 5 aromatic rings. The molecule has 0 spiro atoms. The van der Waals surface area contributed by atoms with Crippen molar-refractivity contribution in [3.05, 3.63) is 59.4 Å². The molecule has 0 aromatic carbocycles. The van der Waals surface area contributed by atoms with Gasteiger partial charge in [-0.25, -0.2) is 13.9 Å². The highest BCUT2D eigenvalue weighted by molar-refractivity contribution is 7.23. The number of hydrogen-bond donors (Lipinski definition) is 0. The molecule has 0 N–H and O–H groups in total. The van der Waals surface area contributed by atoms with Crippen LogP contribution in [-0.4, -0.2) is 55.8 Å². The van der Waals surface area contributed by atoms with Crippen LogP contribution in [0.1, 0.15) is 40.6 Å². The van der Waals surface area contributed by atoms with E-state index >= 15 is 4.39 Å². The van der Waals surface area contributed by atoms with E-state index in [2.05, 4.69) is 25.9 Å². The fourth-order valence-electron chi connectivity index (χ4n) is 5.32. The largest absolute Gasteiger partial charge is 0.465 e. The number of aromatic nitrogens is 6. The topological polar surface area (TPSA) is 97.0 Å². The summed E-state index contributed by atoms with van der Waals surface area (Å²) in [5.41, 5.74) is 4.80. The highest BCUT2D eigenvalue weighted by Gasteiger charge is 2.34. The highest BCUT2D eigenvalue weighted by atomic mass is 32.1. The molecule has 6 rings (SSSR count). The number of halogens is 1. The Morgan fingerprint density at radius 3 is 2.76 bits per heavy atom.